The standard InChI is InChI=1S/C22H20F3N5O3/c1-12-6-15(4-5-17(12)22(23,24)25)29-11-13(2)30-19(21(29)32)18(10-27-30)28-20(31)14-7-16(33-3)9-26-8-14/h4-10,13H,11H2,1-3H3,(H,28,31)/t13-/m0/s1. The third-order valence-electron chi connectivity index (χ3n) is 5.39. The molecule has 1 aromatic carbocycles. The number of benzene rings is 1. The first-order valence-electron chi connectivity index (χ1n) is 9.97. The van der Waals surface area contributed by atoms with Crippen molar-refractivity contribution in [1.82, 2.24) is 14.8 Å². The Labute approximate surface area is 187 Å². The molecule has 1 aliphatic heterocycles. The Balaban J connectivity index is 1.65. The van der Waals surface area contributed by atoms with Crippen LogP contribution in [0.25, 0.3) is 0 Å². The van der Waals surface area contributed by atoms with Crippen molar-refractivity contribution in [1.29, 1.82) is 0 Å². The number of halogens is 3. The van der Waals surface area contributed by atoms with Crippen molar-refractivity contribution in [2.45, 2.75) is 26.1 Å². The quantitative estimate of drug-likeness (QED) is 0.635. The lowest BCUT2D eigenvalue weighted by Crippen LogP contribution is -2.43. The summed E-state index contributed by atoms with van der Waals surface area (Å²) < 4.78 is 46.0. The van der Waals surface area contributed by atoms with Crippen LogP contribution in [0, 0.1) is 6.92 Å². The van der Waals surface area contributed by atoms with E-state index in [2.05, 4.69) is 15.4 Å². The van der Waals surface area contributed by atoms with Crippen molar-refractivity contribution in [3.63, 3.8) is 0 Å². The van der Waals surface area contributed by atoms with Crippen molar-refractivity contribution in [3.05, 3.63) is 65.2 Å². The summed E-state index contributed by atoms with van der Waals surface area (Å²) in [4.78, 5) is 31.4. The molecule has 1 aliphatic rings. The van der Waals surface area contributed by atoms with Crippen LogP contribution in [0.5, 0.6) is 5.75 Å². The second-order valence-electron chi connectivity index (χ2n) is 7.68. The van der Waals surface area contributed by atoms with Crippen molar-refractivity contribution < 1.29 is 27.5 Å². The summed E-state index contributed by atoms with van der Waals surface area (Å²) in [6.07, 6.45) is -0.299. The molecule has 0 unspecified atom stereocenters. The maximum atomic E-state index is 13.3. The van der Waals surface area contributed by atoms with Gasteiger partial charge in [-0.2, -0.15) is 18.3 Å². The predicted molar refractivity (Wildman–Crippen MR) is 114 cm³/mol. The van der Waals surface area contributed by atoms with Gasteiger partial charge in [0.1, 0.15) is 5.75 Å². The van der Waals surface area contributed by atoms with Crippen LogP contribution in [-0.2, 0) is 6.18 Å². The van der Waals surface area contributed by atoms with Crippen molar-refractivity contribution in [2.75, 3.05) is 23.9 Å². The topological polar surface area (TPSA) is 89.3 Å². The summed E-state index contributed by atoms with van der Waals surface area (Å²) in [5, 5.41) is 6.89. The molecule has 1 atom stereocenters. The largest absolute Gasteiger partial charge is 0.495 e. The highest BCUT2D eigenvalue weighted by Gasteiger charge is 2.36. The second kappa shape index (κ2) is 8.23. The normalized spacial score (nSPS) is 15.9. The summed E-state index contributed by atoms with van der Waals surface area (Å²) in [5.74, 6) is -0.600. The van der Waals surface area contributed by atoms with Gasteiger partial charge in [-0.3, -0.25) is 19.3 Å². The zero-order valence-electron chi connectivity index (χ0n) is 18.0. The number of nitrogens with zero attached hydrogens (tertiary/aromatic N) is 4. The number of methoxy groups -OCH3 is 1. The molecule has 2 aromatic heterocycles. The Morgan fingerprint density at radius 1 is 1.21 bits per heavy atom. The molecule has 0 aliphatic carbocycles. The molecule has 0 saturated heterocycles. The smallest absolute Gasteiger partial charge is 0.416 e. The number of aromatic nitrogens is 3. The van der Waals surface area contributed by atoms with Gasteiger partial charge in [-0.1, -0.05) is 0 Å². The molecule has 0 bridgehead atoms. The molecular formula is C22H20F3N5O3. The average molecular weight is 459 g/mol. The minimum atomic E-state index is -4.48. The lowest BCUT2D eigenvalue weighted by atomic mass is 10.1. The molecule has 2 amide bonds. The first kappa shape index (κ1) is 22.3. The number of rotatable bonds is 4. The third-order valence-corrected chi connectivity index (χ3v) is 5.39. The monoisotopic (exact) mass is 459 g/mol. The highest BCUT2D eigenvalue weighted by Crippen LogP contribution is 2.36. The summed E-state index contributed by atoms with van der Waals surface area (Å²) in [6.45, 7) is 3.39. The van der Waals surface area contributed by atoms with Gasteiger partial charge >= 0.3 is 6.18 Å². The van der Waals surface area contributed by atoms with E-state index in [4.69, 9.17) is 4.74 Å². The fraction of sp³-hybridized carbons (Fsp3) is 0.273. The van der Waals surface area contributed by atoms with Crippen LogP contribution in [0.3, 0.4) is 0 Å². The van der Waals surface area contributed by atoms with Gasteiger partial charge in [-0.05, 0) is 43.7 Å². The number of hydrogen-bond acceptors (Lipinski definition) is 5. The first-order valence-corrected chi connectivity index (χ1v) is 9.97. The Morgan fingerprint density at radius 3 is 2.64 bits per heavy atom. The van der Waals surface area contributed by atoms with E-state index in [1.807, 2.05) is 6.92 Å². The minimum absolute atomic E-state index is 0.0126. The number of anilines is 2. The molecule has 33 heavy (non-hydrogen) atoms. The van der Waals surface area contributed by atoms with Gasteiger partial charge in [0.05, 0.1) is 42.4 Å². The number of aryl methyl sites for hydroxylation is 1. The molecule has 1 N–H and O–H groups in total. The Kier molecular flexibility index (Phi) is 5.56. The van der Waals surface area contributed by atoms with E-state index < -0.39 is 23.6 Å². The molecule has 8 nitrogen and oxygen atoms in total. The number of fused-ring (bicyclic) bond motifs is 1. The van der Waals surface area contributed by atoms with Gasteiger partial charge in [0.25, 0.3) is 11.8 Å². The molecule has 0 fully saturated rings. The summed E-state index contributed by atoms with van der Waals surface area (Å²) >= 11 is 0. The van der Waals surface area contributed by atoms with Crippen LogP contribution in [0.2, 0.25) is 0 Å². The highest BCUT2D eigenvalue weighted by atomic mass is 19.4. The fourth-order valence-corrected chi connectivity index (χ4v) is 3.76. The van der Waals surface area contributed by atoms with E-state index in [1.165, 1.54) is 60.4 Å². The maximum absolute atomic E-state index is 13.3. The minimum Gasteiger partial charge on any atom is -0.495 e. The van der Waals surface area contributed by atoms with Gasteiger partial charge < -0.3 is 15.0 Å². The zero-order chi connectivity index (χ0) is 23.9. The van der Waals surface area contributed by atoms with Crippen molar-refractivity contribution >= 4 is 23.2 Å². The molecule has 0 radical (unpaired) electrons. The number of amides is 2. The SMILES string of the molecule is COc1cncc(C(=O)Nc2cnn3c2C(=O)N(c2ccc(C(F)(F)F)c(C)c2)C[C@@H]3C)c1. The maximum Gasteiger partial charge on any atom is 0.416 e. The van der Waals surface area contributed by atoms with Crippen LogP contribution in [0.1, 0.15) is 44.9 Å². The van der Waals surface area contributed by atoms with E-state index in [9.17, 15) is 22.8 Å². The summed E-state index contributed by atoms with van der Waals surface area (Å²) in [7, 11) is 1.45. The molecule has 172 valence electrons. The molecule has 4 rings (SSSR count). The van der Waals surface area contributed by atoms with Crippen LogP contribution >= 0.6 is 0 Å². The number of pyridine rings is 1. The van der Waals surface area contributed by atoms with Gasteiger partial charge in [0.15, 0.2) is 5.69 Å². The average Bonchev–Trinajstić information content (AvgIpc) is 3.19. The Hall–Kier alpha value is -3.89. The van der Waals surface area contributed by atoms with Crippen LogP contribution < -0.4 is 15.0 Å². The van der Waals surface area contributed by atoms with Crippen LogP contribution in [0.4, 0.5) is 24.5 Å². The van der Waals surface area contributed by atoms with E-state index in [0.29, 0.717) is 11.4 Å². The van der Waals surface area contributed by atoms with E-state index in [-0.39, 0.29) is 35.1 Å². The molecular weight excluding hydrogens is 439 g/mol. The van der Waals surface area contributed by atoms with Gasteiger partial charge in [-0.25, -0.2) is 0 Å². The van der Waals surface area contributed by atoms with Crippen molar-refractivity contribution in [3.8, 4) is 5.75 Å². The summed E-state index contributed by atoms with van der Waals surface area (Å²) in [6, 6.07) is 4.80. The van der Waals surface area contributed by atoms with Crippen molar-refractivity contribution in [2.24, 2.45) is 0 Å². The Bertz CT molecular complexity index is 1240. The van der Waals surface area contributed by atoms with Crippen LogP contribution in [0.15, 0.2) is 42.9 Å². The number of alkyl halides is 3. The Morgan fingerprint density at radius 2 is 1.97 bits per heavy atom. The second-order valence-corrected chi connectivity index (χ2v) is 7.68. The number of hydrogen-bond donors (Lipinski definition) is 1. The lowest BCUT2D eigenvalue weighted by Gasteiger charge is -2.32. The molecule has 11 heteroatoms. The van der Waals surface area contributed by atoms with Crippen LogP contribution in [-0.4, -0.2) is 40.2 Å². The zero-order valence-corrected chi connectivity index (χ0v) is 18.0. The van der Waals surface area contributed by atoms with E-state index in [1.54, 1.807) is 0 Å². The number of carbonyl (C=O) groups is 2. The van der Waals surface area contributed by atoms with Gasteiger partial charge in [0, 0.05) is 18.4 Å². The molecule has 0 spiro atoms. The number of nitrogens with one attached hydrogen (secondary N) is 1. The highest BCUT2D eigenvalue weighted by molar-refractivity contribution is 6.13. The molecule has 3 aromatic rings. The summed E-state index contributed by atoms with van der Waals surface area (Å²) in [5.41, 5.74) is 0.135. The van der Waals surface area contributed by atoms with Gasteiger partial charge in [-0.15, -0.1) is 0 Å². The fourth-order valence-electron chi connectivity index (χ4n) is 3.76. The molecule has 3 heterocycles. The molecule has 0 saturated carbocycles. The number of carbonyl (C=O) groups excluding carboxylic acids is 2. The van der Waals surface area contributed by atoms with E-state index in [0.717, 1.165) is 6.07 Å². The number of ether oxygens (including phenoxy) is 1. The van der Waals surface area contributed by atoms with Gasteiger partial charge in [0.2, 0.25) is 0 Å². The lowest BCUT2D eigenvalue weighted by molar-refractivity contribution is -0.138. The third kappa shape index (κ3) is 4.13. The van der Waals surface area contributed by atoms with E-state index >= 15 is 0 Å². The first-order chi connectivity index (χ1) is 15.6. The predicted octanol–water partition coefficient (Wildman–Crippen LogP) is 4.09.